The molecule has 0 saturated heterocycles. The zero-order valence-electron chi connectivity index (χ0n) is 12.3. The lowest BCUT2D eigenvalue weighted by Gasteiger charge is -2.11. The number of rotatable bonds is 4. The first kappa shape index (κ1) is 14.8. The van der Waals surface area contributed by atoms with Gasteiger partial charge >= 0.3 is 5.97 Å². The maximum Gasteiger partial charge on any atom is 0.335 e. The third-order valence-electron chi connectivity index (χ3n) is 3.51. The second-order valence-electron chi connectivity index (χ2n) is 5.10. The molecule has 0 spiro atoms. The Kier molecular flexibility index (Phi) is 3.80. The molecular formula is C17H14N2O4. The summed E-state index contributed by atoms with van der Waals surface area (Å²) in [6.07, 6.45) is -0.440. The number of carbonyl (C=O) groups excluding carboxylic acids is 1. The smallest absolute Gasteiger partial charge is 0.335 e. The standard InChI is InChI=1S/C17H14N2O4/c1-10(20)11-2-4-12(5-3-11)15-18-19-16(23-15)13-6-8-14(9-7-13)17(21)22/h2-9,15,18H,1H3,(H,21,22). The van der Waals surface area contributed by atoms with Gasteiger partial charge in [0.2, 0.25) is 12.1 Å². The molecule has 0 radical (unpaired) electrons. The topological polar surface area (TPSA) is 88.0 Å². The number of ether oxygens (including phenoxy) is 1. The molecule has 0 saturated carbocycles. The second-order valence-corrected chi connectivity index (χ2v) is 5.10. The van der Waals surface area contributed by atoms with Gasteiger partial charge in [-0.25, -0.2) is 4.79 Å². The van der Waals surface area contributed by atoms with Crippen LogP contribution in [0.5, 0.6) is 0 Å². The molecule has 0 aromatic heterocycles. The quantitative estimate of drug-likeness (QED) is 0.847. The minimum absolute atomic E-state index is 0.00677. The molecule has 2 aromatic carbocycles. The molecule has 0 aliphatic carbocycles. The summed E-state index contributed by atoms with van der Waals surface area (Å²) in [5.41, 5.74) is 5.24. The molecule has 0 fully saturated rings. The van der Waals surface area contributed by atoms with Gasteiger partial charge in [0.15, 0.2) is 5.78 Å². The fourth-order valence-corrected chi connectivity index (χ4v) is 2.20. The van der Waals surface area contributed by atoms with Gasteiger partial charge in [-0.2, -0.15) is 0 Å². The highest BCUT2D eigenvalue weighted by atomic mass is 16.5. The summed E-state index contributed by atoms with van der Waals surface area (Å²) in [5.74, 6) is -0.581. The first-order chi connectivity index (χ1) is 11.0. The molecule has 6 nitrogen and oxygen atoms in total. The molecule has 23 heavy (non-hydrogen) atoms. The highest BCUT2D eigenvalue weighted by molar-refractivity contribution is 5.96. The highest BCUT2D eigenvalue weighted by Gasteiger charge is 2.22. The lowest BCUT2D eigenvalue weighted by Crippen LogP contribution is -2.12. The molecule has 1 aliphatic rings. The normalized spacial score (nSPS) is 16.2. The first-order valence-corrected chi connectivity index (χ1v) is 6.99. The number of ketones is 1. The molecule has 1 aliphatic heterocycles. The Morgan fingerprint density at radius 3 is 2.22 bits per heavy atom. The van der Waals surface area contributed by atoms with E-state index in [0.717, 1.165) is 5.56 Å². The number of Topliss-reactive ketones (excluding diaryl/α,β-unsaturated/α-hetero) is 1. The van der Waals surface area contributed by atoms with Crippen molar-refractivity contribution in [1.29, 1.82) is 0 Å². The summed E-state index contributed by atoms with van der Waals surface area (Å²) in [5, 5.41) is 13.0. The summed E-state index contributed by atoms with van der Waals surface area (Å²) >= 11 is 0. The number of carboxylic acid groups (broad SMARTS) is 1. The number of carboxylic acids is 1. The van der Waals surface area contributed by atoms with Gasteiger partial charge in [0.25, 0.3) is 0 Å². The summed E-state index contributed by atoms with van der Waals surface area (Å²) in [6, 6.07) is 13.4. The van der Waals surface area contributed by atoms with Crippen molar-refractivity contribution >= 4 is 17.7 Å². The van der Waals surface area contributed by atoms with Gasteiger partial charge in [-0.05, 0) is 31.2 Å². The van der Waals surface area contributed by atoms with Crippen molar-refractivity contribution in [3.05, 3.63) is 70.8 Å². The Labute approximate surface area is 132 Å². The zero-order chi connectivity index (χ0) is 16.4. The first-order valence-electron chi connectivity index (χ1n) is 6.99. The number of hydrogen-bond acceptors (Lipinski definition) is 5. The largest absolute Gasteiger partial charge is 0.478 e. The van der Waals surface area contributed by atoms with Crippen molar-refractivity contribution in [2.75, 3.05) is 0 Å². The Morgan fingerprint density at radius 1 is 1.04 bits per heavy atom. The SMILES string of the molecule is CC(=O)c1ccc(C2NN=C(c3ccc(C(=O)O)cc3)O2)cc1. The van der Waals surface area contributed by atoms with E-state index in [1.165, 1.54) is 19.1 Å². The molecule has 0 bridgehead atoms. The molecule has 2 N–H and O–H groups in total. The van der Waals surface area contributed by atoms with Gasteiger partial charge in [-0.1, -0.05) is 24.3 Å². The third kappa shape index (κ3) is 3.06. The van der Waals surface area contributed by atoms with Crippen molar-refractivity contribution in [2.24, 2.45) is 5.10 Å². The number of carbonyl (C=O) groups is 2. The van der Waals surface area contributed by atoms with Crippen molar-refractivity contribution in [2.45, 2.75) is 13.2 Å². The number of benzene rings is 2. The van der Waals surface area contributed by atoms with Crippen LogP contribution in [0.25, 0.3) is 0 Å². The van der Waals surface area contributed by atoms with E-state index < -0.39 is 12.2 Å². The fourth-order valence-electron chi connectivity index (χ4n) is 2.20. The van der Waals surface area contributed by atoms with Crippen LogP contribution in [0.2, 0.25) is 0 Å². The molecule has 116 valence electrons. The number of hydrazone groups is 1. The van der Waals surface area contributed by atoms with Crippen LogP contribution in [0.4, 0.5) is 0 Å². The van der Waals surface area contributed by atoms with Crippen LogP contribution in [-0.2, 0) is 4.74 Å². The van der Waals surface area contributed by atoms with Gasteiger partial charge in [-0.15, -0.1) is 5.10 Å². The minimum atomic E-state index is -0.979. The van der Waals surface area contributed by atoms with Gasteiger partial charge in [0, 0.05) is 16.7 Å². The summed E-state index contributed by atoms with van der Waals surface area (Å²) in [6.45, 7) is 1.52. The lowest BCUT2D eigenvalue weighted by atomic mass is 10.1. The average Bonchev–Trinajstić information content (AvgIpc) is 3.05. The van der Waals surface area contributed by atoms with E-state index in [4.69, 9.17) is 9.84 Å². The molecule has 0 amide bonds. The molecule has 1 atom stereocenters. The van der Waals surface area contributed by atoms with Crippen molar-refractivity contribution in [1.82, 2.24) is 5.43 Å². The molecular weight excluding hydrogens is 296 g/mol. The van der Waals surface area contributed by atoms with E-state index in [1.54, 1.807) is 36.4 Å². The van der Waals surface area contributed by atoms with Crippen LogP contribution in [0.1, 0.15) is 45.0 Å². The lowest BCUT2D eigenvalue weighted by molar-refractivity contribution is 0.0696. The zero-order valence-corrected chi connectivity index (χ0v) is 12.3. The molecule has 2 aromatic rings. The molecule has 3 rings (SSSR count). The maximum absolute atomic E-state index is 11.3. The Morgan fingerprint density at radius 2 is 1.65 bits per heavy atom. The Hall–Kier alpha value is -3.15. The number of nitrogens with zero attached hydrogens (tertiary/aromatic N) is 1. The number of nitrogens with one attached hydrogen (secondary N) is 1. The molecule has 1 unspecified atom stereocenters. The minimum Gasteiger partial charge on any atom is -0.478 e. The van der Waals surface area contributed by atoms with Crippen LogP contribution >= 0.6 is 0 Å². The Bertz CT molecular complexity index is 779. The highest BCUT2D eigenvalue weighted by Crippen LogP contribution is 2.22. The molecule has 1 heterocycles. The van der Waals surface area contributed by atoms with Gasteiger partial charge in [0.1, 0.15) is 0 Å². The summed E-state index contributed by atoms with van der Waals surface area (Å²) in [7, 11) is 0. The molecule has 6 heteroatoms. The Balaban J connectivity index is 1.72. The van der Waals surface area contributed by atoms with E-state index in [2.05, 4.69) is 10.5 Å². The summed E-state index contributed by atoms with van der Waals surface area (Å²) in [4.78, 5) is 22.1. The average molecular weight is 310 g/mol. The van der Waals surface area contributed by atoms with Crippen molar-refractivity contribution in [3.63, 3.8) is 0 Å². The van der Waals surface area contributed by atoms with E-state index in [0.29, 0.717) is 17.0 Å². The van der Waals surface area contributed by atoms with E-state index >= 15 is 0 Å². The van der Waals surface area contributed by atoms with Gasteiger partial charge in [-0.3, -0.25) is 10.2 Å². The second kappa shape index (κ2) is 5.92. The van der Waals surface area contributed by atoms with Crippen LogP contribution < -0.4 is 5.43 Å². The van der Waals surface area contributed by atoms with Crippen LogP contribution in [0.3, 0.4) is 0 Å². The summed E-state index contributed by atoms with van der Waals surface area (Å²) < 4.78 is 5.74. The fraction of sp³-hybridized carbons (Fsp3) is 0.118. The van der Waals surface area contributed by atoms with Crippen LogP contribution in [-0.4, -0.2) is 22.8 Å². The maximum atomic E-state index is 11.3. The predicted octanol–water partition coefficient (Wildman–Crippen LogP) is 2.57. The van der Waals surface area contributed by atoms with E-state index in [1.807, 2.05) is 0 Å². The van der Waals surface area contributed by atoms with Gasteiger partial charge in [0.05, 0.1) is 5.56 Å². The van der Waals surface area contributed by atoms with E-state index in [9.17, 15) is 9.59 Å². The number of hydrogen-bond donors (Lipinski definition) is 2. The van der Waals surface area contributed by atoms with E-state index in [-0.39, 0.29) is 11.3 Å². The third-order valence-corrected chi connectivity index (χ3v) is 3.51. The monoisotopic (exact) mass is 310 g/mol. The predicted molar refractivity (Wildman–Crippen MR) is 83.3 cm³/mol. The van der Waals surface area contributed by atoms with Crippen molar-refractivity contribution in [3.8, 4) is 0 Å². The van der Waals surface area contributed by atoms with Crippen LogP contribution in [0, 0.1) is 0 Å². The van der Waals surface area contributed by atoms with Crippen molar-refractivity contribution < 1.29 is 19.4 Å². The number of aromatic carboxylic acids is 1. The van der Waals surface area contributed by atoms with Crippen LogP contribution in [0.15, 0.2) is 53.6 Å². The van der Waals surface area contributed by atoms with Gasteiger partial charge < -0.3 is 9.84 Å².